The van der Waals surface area contributed by atoms with Crippen LogP contribution in [0.15, 0.2) is 35.3 Å². The Bertz CT molecular complexity index is 1380. The van der Waals surface area contributed by atoms with Gasteiger partial charge in [-0.2, -0.15) is 0 Å². The highest BCUT2D eigenvalue weighted by Gasteiger charge is 2.26. The molecule has 0 saturated carbocycles. The lowest BCUT2D eigenvalue weighted by molar-refractivity contribution is -0.142. The third kappa shape index (κ3) is 5.85. The van der Waals surface area contributed by atoms with E-state index in [2.05, 4.69) is 15.3 Å². The summed E-state index contributed by atoms with van der Waals surface area (Å²) in [5.41, 5.74) is 2.04. The molecule has 1 fully saturated rings. The number of ether oxygens (including phenoxy) is 1. The first kappa shape index (κ1) is 26.4. The highest BCUT2D eigenvalue weighted by atomic mass is 35.5. The van der Waals surface area contributed by atoms with Crippen molar-refractivity contribution < 1.29 is 19.4 Å². The molecule has 196 valence electrons. The molecule has 0 bridgehead atoms. The Hall–Kier alpha value is -3.66. The molecular formula is C26H30ClN5O5. The van der Waals surface area contributed by atoms with Crippen LogP contribution in [0.4, 0.5) is 5.95 Å². The second-order valence-corrected chi connectivity index (χ2v) is 9.78. The van der Waals surface area contributed by atoms with Crippen molar-refractivity contribution in [3.8, 4) is 5.75 Å². The Morgan fingerprint density at radius 1 is 1.24 bits per heavy atom. The molecule has 2 aromatic heterocycles. The number of fused-ring (bicyclic) bond motifs is 1. The van der Waals surface area contributed by atoms with E-state index >= 15 is 0 Å². The molecule has 2 N–H and O–H groups in total. The molecule has 0 atom stereocenters. The minimum Gasteiger partial charge on any atom is -0.481 e. The van der Waals surface area contributed by atoms with Gasteiger partial charge in [0.2, 0.25) is 5.95 Å². The summed E-state index contributed by atoms with van der Waals surface area (Å²) in [6, 6.07) is 7.32. The molecule has 0 aliphatic carbocycles. The molecule has 10 nitrogen and oxygen atoms in total. The topological polar surface area (TPSA) is 127 Å². The fourth-order valence-electron chi connectivity index (χ4n) is 4.50. The van der Waals surface area contributed by atoms with E-state index in [9.17, 15) is 19.5 Å². The van der Waals surface area contributed by atoms with Crippen LogP contribution in [0.5, 0.6) is 5.75 Å². The second-order valence-electron chi connectivity index (χ2n) is 9.37. The van der Waals surface area contributed by atoms with Crippen LogP contribution in [0.25, 0.3) is 10.9 Å². The van der Waals surface area contributed by atoms with Crippen molar-refractivity contribution in [2.75, 3.05) is 31.6 Å². The van der Waals surface area contributed by atoms with Crippen molar-refractivity contribution in [1.82, 2.24) is 19.9 Å². The van der Waals surface area contributed by atoms with Gasteiger partial charge in [-0.15, -0.1) is 0 Å². The van der Waals surface area contributed by atoms with E-state index in [1.807, 2.05) is 36.9 Å². The number of rotatable bonds is 8. The standard InChI is InChI=1S/C26H30ClN5O5/c1-15(2)32-21-5-4-16(10-18(21)12-22(24(32)34)37-14-23(33)28-3)11-20-19(27)13-29-26(30-20)31-8-6-17(7-9-31)25(35)36/h4-5,10,12-13,15,17H,6-9,11,14H2,1-3H3,(H,28,33)(H,35,36). The number of piperidine rings is 1. The number of halogens is 1. The molecule has 37 heavy (non-hydrogen) atoms. The summed E-state index contributed by atoms with van der Waals surface area (Å²) < 4.78 is 7.19. The van der Waals surface area contributed by atoms with E-state index in [4.69, 9.17) is 16.3 Å². The SMILES string of the molecule is CNC(=O)COc1cc2cc(Cc3nc(N4CCC(C(=O)O)CC4)ncc3Cl)ccc2n(C(C)C)c1=O. The van der Waals surface area contributed by atoms with Crippen LogP contribution in [-0.4, -0.2) is 58.3 Å². The predicted molar refractivity (Wildman–Crippen MR) is 141 cm³/mol. The van der Waals surface area contributed by atoms with Gasteiger partial charge in [0, 0.05) is 38.0 Å². The van der Waals surface area contributed by atoms with Crippen molar-refractivity contribution >= 4 is 40.3 Å². The molecular weight excluding hydrogens is 498 g/mol. The Morgan fingerprint density at radius 2 is 1.97 bits per heavy atom. The zero-order valence-electron chi connectivity index (χ0n) is 21.0. The molecule has 3 aromatic rings. The monoisotopic (exact) mass is 527 g/mol. The maximum absolute atomic E-state index is 13.0. The van der Waals surface area contributed by atoms with E-state index < -0.39 is 5.97 Å². The number of carboxylic acids is 1. The molecule has 0 radical (unpaired) electrons. The number of hydrogen-bond acceptors (Lipinski definition) is 7. The van der Waals surface area contributed by atoms with Gasteiger partial charge >= 0.3 is 5.97 Å². The van der Waals surface area contributed by atoms with Crippen molar-refractivity contribution in [3.63, 3.8) is 0 Å². The first-order valence-corrected chi connectivity index (χ1v) is 12.6. The maximum Gasteiger partial charge on any atom is 0.306 e. The zero-order chi connectivity index (χ0) is 26.7. The quantitative estimate of drug-likeness (QED) is 0.457. The van der Waals surface area contributed by atoms with Crippen molar-refractivity contribution in [3.05, 3.63) is 57.1 Å². The van der Waals surface area contributed by atoms with E-state index in [1.165, 1.54) is 7.05 Å². The van der Waals surface area contributed by atoms with Gasteiger partial charge in [-0.05, 0) is 50.5 Å². The molecule has 1 saturated heterocycles. The maximum atomic E-state index is 13.0. The van der Waals surface area contributed by atoms with Crippen LogP contribution < -0.4 is 20.5 Å². The van der Waals surface area contributed by atoms with Gasteiger partial charge in [0.1, 0.15) is 0 Å². The number of carbonyl (C=O) groups excluding carboxylic acids is 1. The van der Waals surface area contributed by atoms with E-state index in [0.717, 1.165) is 16.5 Å². The van der Waals surface area contributed by atoms with Crippen LogP contribution in [-0.2, 0) is 16.0 Å². The van der Waals surface area contributed by atoms with Crippen LogP contribution in [0.1, 0.15) is 44.0 Å². The van der Waals surface area contributed by atoms with Gasteiger partial charge in [0.15, 0.2) is 12.4 Å². The third-order valence-corrected chi connectivity index (χ3v) is 6.84. The Balaban J connectivity index is 1.63. The summed E-state index contributed by atoms with van der Waals surface area (Å²) in [6.45, 7) is 4.72. The molecule has 1 aliphatic heterocycles. The van der Waals surface area contributed by atoms with Gasteiger partial charge in [-0.25, -0.2) is 9.97 Å². The minimum absolute atomic E-state index is 0.106. The first-order chi connectivity index (χ1) is 17.7. The van der Waals surface area contributed by atoms with Crippen molar-refractivity contribution in [1.29, 1.82) is 0 Å². The van der Waals surface area contributed by atoms with Gasteiger partial charge in [0.05, 0.1) is 28.3 Å². The molecule has 0 unspecified atom stereocenters. The summed E-state index contributed by atoms with van der Waals surface area (Å²) >= 11 is 6.44. The minimum atomic E-state index is -0.765. The van der Waals surface area contributed by atoms with Crippen molar-refractivity contribution in [2.45, 2.75) is 39.2 Å². The summed E-state index contributed by atoms with van der Waals surface area (Å²) in [5, 5.41) is 13.0. The van der Waals surface area contributed by atoms with E-state index in [-0.39, 0.29) is 35.8 Å². The Kier molecular flexibility index (Phi) is 7.97. The van der Waals surface area contributed by atoms with Crippen LogP contribution in [0.2, 0.25) is 5.02 Å². The highest BCUT2D eigenvalue weighted by molar-refractivity contribution is 6.31. The number of amides is 1. The summed E-state index contributed by atoms with van der Waals surface area (Å²) in [7, 11) is 1.51. The van der Waals surface area contributed by atoms with Crippen LogP contribution in [0.3, 0.4) is 0 Å². The lowest BCUT2D eigenvalue weighted by Crippen LogP contribution is -2.37. The number of anilines is 1. The van der Waals surface area contributed by atoms with E-state index in [1.54, 1.807) is 16.8 Å². The predicted octanol–water partition coefficient (Wildman–Crippen LogP) is 3.04. The lowest BCUT2D eigenvalue weighted by Gasteiger charge is -2.30. The number of pyridine rings is 1. The van der Waals surface area contributed by atoms with Crippen molar-refractivity contribution in [2.24, 2.45) is 5.92 Å². The number of aliphatic carboxylic acids is 1. The second kappa shape index (κ2) is 11.2. The number of nitrogens with zero attached hydrogens (tertiary/aromatic N) is 4. The number of likely N-dealkylation sites (N-methyl/N-ethyl adjacent to an activating group) is 1. The fraction of sp³-hybridized carbons (Fsp3) is 0.423. The lowest BCUT2D eigenvalue weighted by atomic mass is 9.97. The summed E-state index contributed by atoms with van der Waals surface area (Å²) in [6.07, 6.45) is 3.10. The third-order valence-electron chi connectivity index (χ3n) is 6.52. The molecule has 4 rings (SSSR count). The highest BCUT2D eigenvalue weighted by Crippen LogP contribution is 2.26. The fourth-order valence-corrected chi connectivity index (χ4v) is 4.66. The zero-order valence-corrected chi connectivity index (χ0v) is 21.8. The number of aromatic nitrogens is 3. The molecule has 11 heteroatoms. The molecule has 0 spiro atoms. The normalized spacial score (nSPS) is 14.2. The number of benzene rings is 1. The van der Waals surface area contributed by atoms with E-state index in [0.29, 0.717) is 49.0 Å². The van der Waals surface area contributed by atoms with Crippen LogP contribution >= 0.6 is 11.6 Å². The first-order valence-electron chi connectivity index (χ1n) is 12.2. The number of hydrogen-bond donors (Lipinski definition) is 2. The number of nitrogens with one attached hydrogen (secondary N) is 1. The largest absolute Gasteiger partial charge is 0.481 e. The summed E-state index contributed by atoms with van der Waals surface area (Å²) in [4.78, 5) is 47.0. The van der Waals surface area contributed by atoms with Crippen LogP contribution in [0, 0.1) is 5.92 Å². The van der Waals surface area contributed by atoms with Gasteiger partial charge in [-0.3, -0.25) is 14.4 Å². The average Bonchev–Trinajstić information content (AvgIpc) is 2.88. The average molecular weight is 528 g/mol. The smallest absolute Gasteiger partial charge is 0.306 e. The number of carbonyl (C=O) groups is 2. The Morgan fingerprint density at radius 3 is 2.62 bits per heavy atom. The van der Waals surface area contributed by atoms with Gasteiger partial charge in [-0.1, -0.05) is 17.7 Å². The molecule has 3 heterocycles. The summed E-state index contributed by atoms with van der Waals surface area (Å²) in [5.74, 6) is -0.796. The number of carboxylic acid groups (broad SMARTS) is 1. The van der Waals surface area contributed by atoms with Gasteiger partial charge in [0.25, 0.3) is 11.5 Å². The molecule has 1 aliphatic rings. The Labute approximate surface area is 219 Å². The molecule has 1 amide bonds. The molecule has 1 aromatic carbocycles. The van der Waals surface area contributed by atoms with Gasteiger partial charge < -0.3 is 24.6 Å².